The van der Waals surface area contributed by atoms with Crippen LogP contribution in [0.1, 0.15) is 12.5 Å². The highest BCUT2D eigenvalue weighted by Gasteiger charge is 2.16. The summed E-state index contributed by atoms with van der Waals surface area (Å²) >= 11 is 0. The summed E-state index contributed by atoms with van der Waals surface area (Å²) in [7, 11) is 1.28. The van der Waals surface area contributed by atoms with Gasteiger partial charge in [0.1, 0.15) is 5.75 Å². The molecule has 0 aliphatic heterocycles. The van der Waals surface area contributed by atoms with E-state index in [1.54, 1.807) is 6.08 Å². The second-order valence-corrected chi connectivity index (χ2v) is 4.11. The summed E-state index contributed by atoms with van der Waals surface area (Å²) < 4.78 is 10.2. The quantitative estimate of drug-likeness (QED) is 0.706. The molecule has 0 fully saturated rings. The van der Waals surface area contributed by atoms with Gasteiger partial charge >= 0.3 is 5.97 Å². The Balaban J connectivity index is 2.60. The van der Waals surface area contributed by atoms with Crippen molar-refractivity contribution in [1.29, 1.82) is 0 Å². The minimum atomic E-state index is -1.12. The average Bonchev–Trinajstić information content (AvgIpc) is 2.47. The van der Waals surface area contributed by atoms with Gasteiger partial charge in [-0.1, -0.05) is 18.2 Å². The van der Waals surface area contributed by atoms with Crippen molar-refractivity contribution in [3.63, 3.8) is 0 Å². The molecule has 0 aromatic heterocycles. The number of aliphatic carboxylic acids is 1. The summed E-state index contributed by atoms with van der Waals surface area (Å²) in [6.07, 6.45) is 1.88. The van der Waals surface area contributed by atoms with Crippen molar-refractivity contribution in [2.75, 3.05) is 20.3 Å². The summed E-state index contributed by atoms with van der Waals surface area (Å²) in [4.78, 5) is 22.4. The van der Waals surface area contributed by atoms with Gasteiger partial charge in [-0.25, -0.2) is 4.79 Å². The zero-order valence-electron chi connectivity index (χ0n) is 12.0. The maximum atomic E-state index is 11.6. The lowest BCUT2D eigenvalue weighted by atomic mass is 10.2. The number of methoxy groups -OCH3 is 1. The van der Waals surface area contributed by atoms with E-state index in [9.17, 15) is 9.59 Å². The van der Waals surface area contributed by atoms with Gasteiger partial charge in [0.25, 0.3) is 0 Å². The Kier molecular flexibility index (Phi) is 6.97. The Morgan fingerprint density at radius 1 is 1.38 bits per heavy atom. The number of carboxylic acids is 1. The number of hydrogen-bond acceptors (Lipinski definition) is 4. The zero-order chi connectivity index (χ0) is 15.7. The molecule has 1 aromatic rings. The van der Waals surface area contributed by atoms with Gasteiger partial charge in [-0.2, -0.15) is 0 Å². The molecule has 0 radical (unpaired) electrons. The van der Waals surface area contributed by atoms with Gasteiger partial charge in [-0.3, -0.25) is 4.79 Å². The number of para-hydroxylation sites is 1. The molecule has 6 heteroatoms. The lowest BCUT2D eigenvalue weighted by molar-refractivity contribution is -0.148. The summed E-state index contributed by atoms with van der Waals surface area (Å²) in [5.41, 5.74) is 0.774. The summed E-state index contributed by atoms with van der Waals surface area (Å²) in [6, 6.07) is 7.32. The third kappa shape index (κ3) is 5.66. The van der Waals surface area contributed by atoms with Crippen LogP contribution in [0, 0.1) is 0 Å². The Morgan fingerprint density at radius 2 is 2.10 bits per heavy atom. The molecule has 114 valence electrons. The fourth-order valence-corrected chi connectivity index (χ4v) is 1.59. The number of nitrogens with one attached hydrogen (secondary N) is 1. The molecule has 0 aliphatic carbocycles. The molecule has 1 atom stereocenters. The highest BCUT2D eigenvalue weighted by atomic mass is 16.5. The number of benzene rings is 1. The van der Waals surface area contributed by atoms with Crippen LogP contribution in [0.4, 0.5) is 0 Å². The van der Waals surface area contributed by atoms with E-state index in [1.165, 1.54) is 13.2 Å². The molecule has 0 bridgehead atoms. The average molecular weight is 293 g/mol. The number of amides is 1. The van der Waals surface area contributed by atoms with Crippen molar-refractivity contribution in [3.8, 4) is 5.75 Å². The van der Waals surface area contributed by atoms with Crippen LogP contribution in [-0.4, -0.2) is 43.3 Å². The smallest absolute Gasteiger partial charge is 0.334 e. The van der Waals surface area contributed by atoms with Crippen LogP contribution < -0.4 is 10.1 Å². The first-order chi connectivity index (χ1) is 10.1. The molecule has 0 saturated carbocycles. The number of carbonyl (C=O) groups is 2. The molecule has 1 unspecified atom stereocenters. The minimum Gasteiger partial charge on any atom is -0.493 e. The third-order valence-corrected chi connectivity index (χ3v) is 2.65. The topological polar surface area (TPSA) is 84.9 Å². The van der Waals surface area contributed by atoms with Crippen LogP contribution in [0.15, 0.2) is 30.3 Å². The molecule has 0 saturated heterocycles. The molecule has 21 heavy (non-hydrogen) atoms. The first-order valence-corrected chi connectivity index (χ1v) is 6.51. The van der Waals surface area contributed by atoms with E-state index in [1.807, 2.05) is 31.2 Å². The van der Waals surface area contributed by atoms with Gasteiger partial charge in [0.05, 0.1) is 13.2 Å². The van der Waals surface area contributed by atoms with E-state index in [-0.39, 0.29) is 6.54 Å². The molecular weight excluding hydrogens is 274 g/mol. The minimum absolute atomic E-state index is 0.0951. The van der Waals surface area contributed by atoms with Gasteiger partial charge in [0.15, 0.2) is 6.10 Å². The van der Waals surface area contributed by atoms with Crippen molar-refractivity contribution in [2.45, 2.75) is 13.0 Å². The number of ether oxygens (including phenoxy) is 2. The maximum Gasteiger partial charge on any atom is 0.334 e. The van der Waals surface area contributed by atoms with E-state index in [0.717, 1.165) is 5.56 Å². The monoisotopic (exact) mass is 293 g/mol. The molecule has 1 amide bonds. The lowest BCUT2D eigenvalue weighted by Crippen LogP contribution is -2.37. The molecule has 1 aromatic carbocycles. The predicted octanol–water partition coefficient (Wildman–Crippen LogP) is 1.31. The van der Waals surface area contributed by atoms with Crippen molar-refractivity contribution in [1.82, 2.24) is 5.32 Å². The zero-order valence-corrected chi connectivity index (χ0v) is 12.0. The molecule has 0 spiro atoms. The fraction of sp³-hybridized carbons (Fsp3) is 0.333. The second-order valence-electron chi connectivity index (χ2n) is 4.11. The van der Waals surface area contributed by atoms with Crippen molar-refractivity contribution in [3.05, 3.63) is 35.9 Å². The Bertz CT molecular complexity index is 513. The highest BCUT2D eigenvalue weighted by molar-refractivity contribution is 5.92. The Morgan fingerprint density at radius 3 is 2.71 bits per heavy atom. The van der Waals surface area contributed by atoms with Crippen LogP contribution in [-0.2, 0) is 14.3 Å². The fourth-order valence-electron chi connectivity index (χ4n) is 1.59. The number of rotatable bonds is 8. The van der Waals surface area contributed by atoms with Crippen LogP contribution in [0.3, 0.4) is 0 Å². The van der Waals surface area contributed by atoms with Gasteiger partial charge < -0.3 is 19.9 Å². The van der Waals surface area contributed by atoms with E-state index in [4.69, 9.17) is 14.6 Å². The van der Waals surface area contributed by atoms with Crippen molar-refractivity contribution < 1.29 is 24.2 Å². The molecular formula is C15H19NO5. The summed E-state index contributed by atoms with van der Waals surface area (Å²) in [5.74, 6) is -0.836. The van der Waals surface area contributed by atoms with Crippen LogP contribution in [0.2, 0.25) is 0 Å². The third-order valence-electron chi connectivity index (χ3n) is 2.65. The summed E-state index contributed by atoms with van der Waals surface area (Å²) in [6.45, 7) is 2.32. The Labute approximate surface area is 123 Å². The first-order valence-electron chi connectivity index (χ1n) is 6.51. The largest absolute Gasteiger partial charge is 0.493 e. The number of hydrogen-bond donors (Lipinski definition) is 2. The standard InChI is InChI=1S/C15H19NO5/c1-3-21-12-7-5-4-6-11(12)8-9-14(17)16-10-13(20-2)15(18)19/h4-9,13H,3,10H2,1-2H3,(H,16,17)(H,18,19)/b9-8+. The molecule has 0 heterocycles. The van der Waals surface area contributed by atoms with E-state index in [0.29, 0.717) is 12.4 Å². The number of carboxylic acid groups (broad SMARTS) is 1. The Hall–Kier alpha value is -2.34. The normalized spacial score (nSPS) is 12.1. The van der Waals surface area contributed by atoms with Crippen molar-refractivity contribution >= 4 is 18.0 Å². The number of carbonyl (C=O) groups excluding carboxylic acids is 1. The van der Waals surface area contributed by atoms with Crippen LogP contribution in [0.25, 0.3) is 6.08 Å². The van der Waals surface area contributed by atoms with Gasteiger partial charge in [0, 0.05) is 18.7 Å². The first kappa shape index (κ1) is 16.7. The maximum absolute atomic E-state index is 11.6. The van der Waals surface area contributed by atoms with Gasteiger partial charge in [0.2, 0.25) is 5.91 Å². The van der Waals surface area contributed by atoms with E-state index < -0.39 is 18.0 Å². The van der Waals surface area contributed by atoms with Gasteiger partial charge in [-0.05, 0) is 19.1 Å². The second kappa shape index (κ2) is 8.76. The highest BCUT2D eigenvalue weighted by Crippen LogP contribution is 2.19. The molecule has 6 nitrogen and oxygen atoms in total. The lowest BCUT2D eigenvalue weighted by Gasteiger charge is -2.10. The SMILES string of the molecule is CCOc1ccccc1/C=C/C(=O)NCC(OC)C(=O)O. The molecule has 1 rings (SSSR count). The van der Waals surface area contributed by atoms with Gasteiger partial charge in [-0.15, -0.1) is 0 Å². The van der Waals surface area contributed by atoms with Crippen molar-refractivity contribution in [2.24, 2.45) is 0 Å². The van der Waals surface area contributed by atoms with Crippen LogP contribution >= 0.6 is 0 Å². The summed E-state index contributed by atoms with van der Waals surface area (Å²) in [5, 5.41) is 11.2. The van der Waals surface area contributed by atoms with Crippen LogP contribution in [0.5, 0.6) is 5.75 Å². The molecule has 0 aliphatic rings. The molecule has 2 N–H and O–H groups in total. The predicted molar refractivity (Wildman–Crippen MR) is 78.1 cm³/mol. The van der Waals surface area contributed by atoms with E-state index in [2.05, 4.69) is 5.32 Å². The van der Waals surface area contributed by atoms with E-state index >= 15 is 0 Å².